The molecule has 1 aliphatic rings. The van der Waals surface area contributed by atoms with Crippen molar-refractivity contribution in [1.82, 2.24) is 5.32 Å². The van der Waals surface area contributed by atoms with Crippen molar-refractivity contribution >= 4 is 0 Å². The molecule has 0 aliphatic carbocycles. The standard InChI is InChI=1S/C9H20N2O/c1-7(5-10)11-6-9-4-3-8(2)12-9/h7-9,11H,3-6,10H2,1-2H3/t7-,8?,9?/m1/s1. The smallest absolute Gasteiger partial charge is 0.0704 e. The highest BCUT2D eigenvalue weighted by molar-refractivity contribution is 4.74. The van der Waals surface area contributed by atoms with Gasteiger partial charge in [0.25, 0.3) is 0 Å². The van der Waals surface area contributed by atoms with Crippen LogP contribution in [0, 0.1) is 0 Å². The summed E-state index contributed by atoms with van der Waals surface area (Å²) < 4.78 is 5.65. The molecule has 0 radical (unpaired) electrons. The van der Waals surface area contributed by atoms with Crippen LogP contribution in [-0.4, -0.2) is 31.3 Å². The Labute approximate surface area is 74.7 Å². The molecule has 72 valence electrons. The fraction of sp³-hybridized carbons (Fsp3) is 1.00. The summed E-state index contributed by atoms with van der Waals surface area (Å²) in [6, 6.07) is 0.407. The maximum absolute atomic E-state index is 5.65. The Morgan fingerprint density at radius 1 is 1.58 bits per heavy atom. The van der Waals surface area contributed by atoms with Gasteiger partial charge in [-0.25, -0.2) is 0 Å². The van der Waals surface area contributed by atoms with Crippen molar-refractivity contribution in [1.29, 1.82) is 0 Å². The molecular formula is C9H20N2O. The highest BCUT2D eigenvalue weighted by atomic mass is 16.5. The average molecular weight is 172 g/mol. The molecule has 1 saturated heterocycles. The maximum Gasteiger partial charge on any atom is 0.0704 e. The van der Waals surface area contributed by atoms with Crippen LogP contribution in [0.1, 0.15) is 26.7 Å². The van der Waals surface area contributed by atoms with Crippen LogP contribution in [0.2, 0.25) is 0 Å². The Balaban J connectivity index is 2.07. The van der Waals surface area contributed by atoms with Crippen molar-refractivity contribution in [3.05, 3.63) is 0 Å². The van der Waals surface area contributed by atoms with Crippen LogP contribution in [0.4, 0.5) is 0 Å². The molecule has 3 N–H and O–H groups in total. The molecule has 0 aromatic rings. The van der Waals surface area contributed by atoms with Gasteiger partial charge in [-0.2, -0.15) is 0 Å². The van der Waals surface area contributed by atoms with E-state index in [1.807, 2.05) is 0 Å². The van der Waals surface area contributed by atoms with Gasteiger partial charge in [0.2, 0.25) is 0 Å². The lowest BCUT2D eigenvalue weighted by molar-refractivity contribution is 0.0548. The second-order valence-corrected chi connectivity index (χ2v) is 3.69. The zero-order chi connectivity index (χ0) is 8.97. The minimum absolute atomic E-state index is 0.407. The summed E-state index contributed by atoms with van der Waals surface area (Å²) in [6.45, 7) is 5.87. The van der Waals surface area contributed by atoms with Gasteiger partial charge in [0.05, 0.1) is 12.2 Å². The van der Waals surface area contributed by atoms with Gasteiger partial charge in [0, 0.05) is 19.1 Å². The molecule has 1 heterocycles. The van der Waals surface area contributed by atoms with E-state index in [0.29, 0.717) is 24.8 Å². The van der Waals surface area contributed by atoms with Crippen LogP contribution >= 0.6 is 0 Å². The van der Waals surface area contributed by atoms with Crippen molar-refractivity contribution in [2.24, 2.45) is 5.73 Å². The first-order chi connectivity index (χ1) is 5.72. The third kappa shape index (κ3) is 3.09. The lowest BCUT2D eigenvalue weighted by atomic mass is 10.2. The van der Waals surface area contributed by atoms with E-state index in [4.69, 9.17) is 10.5 Å². The molecule has 0 spiro atoms. The van der Waals surface area contributed by atoms with Crippen LogP contribution in [0.3, 0.4) is 0 Å². The van der Waals surface area contributed by atoms with Gasteiger partial charge in [-0.1, -0.05) is 0 Å². The molecule has 0 bridgehead atoms. The summed E-state index contributed by atoms with van der Waals surface area (Å²) in [5.74, 6) is 0. The Hall–Kier alpha value is -0.120. The average Bonchev–Trinajstić information content (AvgIpc) is 2.47. The monoisotopic (exact) mass is 172 g/mol. The molecule has 3 atom stereocenters. The number of rotatable bonds is 4. The predicted octanol–water partition coefficient (Wildman–Crippen LogP) is 0.491. The molecule has 0 amide bonds. The zero-order valence-electron chi connectivity index (χ0n) is 8.05. The van der Waals surface area contributed by atoms with Gasteiger partial charge in [0.15, 0.2) is 0 Å². The summed E-state index contributed by atoms with van der Waals surface area (Å²) in [7, 11) is 0. The molecule has 1 fully saturated rings. The third-order valence-electron chi connectivity index (χ3n) is 2.37. The molecule has 1 aliphatic heterocycles. The Morgan fingerprint density at radius 3 is 2.83 bits per heavy atom. The van der Waals surface area contributed by atoms with Crippen LogP contribution in [-0.2, 0) is 4.74 Å². The van der Waals surface area contributed by atoms with E-state index in [9.17, 15) is 0 Å². The zero-order valence-corrected chi connectivity index (χ0v) is 8.05. The van der Waals surface area contributed by atoms with Crippen molar-refractivity contribution in [3.63, 3.8) is 0 Å². The fourth-order valence-electron chi connectivity index (χ4n) is 1.45. The van der Waals surface area contributed by atoms with Gasteiger partial charge in [0.1, 0.15) is 0 Å². The first-order valence-corrected chi connectivity index (χ1v) is 4.81. The Kier molecular flexibility index (Phi) is 3.98. The van der Waals surface area contributed by atoms with E-state index in [2.05, 4.69) is 19.2 Å². The fourth-order valence-corrected chi connectivity index (χ4v) is 1.45. The summed E-state index contributed by atoms with van der Waals surface area (Å²) >= 11 is 0. The molecule has 0 aromatic heterocycles. The Morgan fingerprint density at radius 2 is 2.33 bits per heavy atom. The topological polar surface area (TPSA) is 47.3 Å². The van der Waals surface area contributed by atoms with E-state index >= 15 is 0 Å². The quantitative estimate of drug-likeness (QED) is 0.649. The Bertz CT molecular complexity index is 130. The van der Waals surface area contributed by atoms with Gasteiger partial charge >= 0.3 is 0 Å². The number of nitrogens with two attached hydrogens (primary N) is 1. The molecule has 0 aromatic carbocycles. The number of hydrogen-bond donors (Lipinski definition) is 2. The van der Waals surface area contributed by atoms with E-state index in [-0.39, 0.29) is 0 Å². The summed E-state index contributed by atoms with van der Waals surface area (Å²) in [4.78, 5) is 0. The van der Waals surface area contributed by atoms with Gasteiger partial charge in [-0.3, -0.25) is 0 Å². The van der Waals surface area contributed by atoms with E-state index < -0.39 is 0 Å². The molecule has 1 rings (SSSR count). The lowest BCUT2D eigenvalue weighted by Gasteiger charge is -2.15. The predicted molar refractivity (Wildman–Crippen MR) is 50.1 cm³/mol. The van der Waals surface area contributed by atoms with E-state index in [0.717, 1.165) is 6.54 Å². The first-order valence-electron chi connectivity index (χ1n) is 4.81. The van der Waals surface area contributed by atoms with Gasteiger partial charge < -0.3 is 15.8 Å². The lowest BCUT2D eigenvalue weighted by Crippen LogP contribution is -2.38. The summed E-state index contributed by atoms with van der Waals surface area (Å²) in [5, 5.41) is 3.34. The van der Waals surface area contributed by atoms with Gasteiger partial charge in [-0.05, 0) is 26.7 Å². The number of nitrogens with one attached hydrogen (secondary N) is 1. The largest absolute Gasteiger partial charge is 0.374 e. The molecule has 3 heteroatoms. The SMILES string of the molecule is CC1CCC(CN[C@H](C)CN)O1. The highest BCUT2D eigenvalue weighted by Gasteiger charge is 2.21. The minimum Gasteiger partial charge on any atom is -0.374 e. The van der Waals surface area contributed by atoms with Crippen LogP contribution in [0.15, 0.2) is 0 Å². The van der Waals surface area contributed by atoms with Crippen molar-refractivity contribution in [3.8, 4) is 0 Å². The number of ether oxygens (including phenoxy) is 1. The van der Waals surface area contributed by atoms with Gasteiger partial charge in [-0.15, -0.1) is 0 Å². The van der Waals surface area contributed by atoms with Crippen molar-refractivity contribution in [2.45, 2.75) is 44.9 Å². The highest BCUT2D eigenvalue weighted by Crippen LogP contribution is 2.18. The molecule has 3 nitrogen and oxygen atoms in total. The normalized spacial score (nSPS) is 32.2. The van der Waals surface area contributed by atoms with Crippen molar-refractivity contribution in [2.75, 3.05) is 13.1 Å². The van der Waals surface area contributed by atoms with Crippen LogP contribution < -0.4 is 11.1 Å². The second kappa shape index (κ2) is 4.80. The minimum atomic E-state index is 0.407. The molecule has 12 heavy (non-hydrogen) atoms. The summed E-state index contributed by atoms with van der Waals surface area (Å²) in [6.07, 6.45) is 3.24. The molecule has 0 saturated carbocycles. The maximum atomic E-state index is 5.65. The molecular weight excluding hydrogens is 152 g/mol. The van der Waals surface area contributed by atoms with E-state index in [1.54, 1.807) is 0 Å². The molecule has 2 unspecified atom stereocenters. The van der Waals surface area contributed by atoms with E-state index in [1.165, 1.54) is 12.8 Å². The number of hydrogen-bond acceptors (Lipinski definition) is 3. The summed E-state index contributed by atoms with van der Waals surface area (Å²) in [5.41, 5.74) is 5.48. The van der Waals surface area contributed by atoms with Crippen LogP contribution in [0.5, 0.6) is 0 Å². The third-order valence-corrected chi connectivity index (χ3v) is 2.37. The first kappa shape index (κ1) is 9.96. The second-order valence-electron chi connectivity index (χ2n) is 3.69. The van der Waals surface area contributed by atoms with Crippen molar-refractivity contribution < 1.29 is 4.74 Å². The van der Waals surface area contributed by atoms with Crippen LogP contribution in [0.25, 0.3) is 0 Å².